The van der Waals surface area contributed by atoms with Crippen molar-refractivity contribution >= 4 is 5.69 Å². The summed E-state index contributed by atoms with van der Waals surface area (Å²) in [6.45, 7) is 2.66. The molecule has 2 N–H and O–H groups in total. The van der Waals surface area contributed by atoms with Crippen LogP contribution < -0.4 is 5.32 Å². The maximum atomic E-state index is 12.6. The number of hydrogen-bond acceptors (Lipinski definition) is 3. The van der Waals surface area contributed by atoms with Gasteiger partial charge in [0.2, 0.25) is 5.95 Å². The predicted molar refractivity (Wildman–Crippen MR) is 48.9 cm³/mol. The van der Waals surface area contributed by atoms with E-state index < -0.39 is 5.95 Å². The van der Waals surface area contributed by atoms with Crippen LogP contribution in [-0.2, 0) is 0 Å². The van der Waals surface area contributed by atoms with Crippen LogP contribution in [0.1, 0.15) is 6.92 Å². The first-order chi connectivity index (χ1) is 6.22. The molecule has 1 aromatic rings. The second-order valence-corrected chi connectivity index (χ2v) is 3.04. The topological polar surface area (TPSA) is 45.1 Å². The van der Waals surface area contributed by atoms with Crippen molar-refractivity contribution in [2.24, 2.45) is 5.92 Å². The van der Waals surface area contributed by atoms with Crippen LogP contribution in [-0.4, -0.2) is 23.2 Å². The highest BCUT2D eigenvalue weighted by Crippen LogP contribution is 2.07. The van der Waals surface area contributed by atoms with Crippen molar-refractivity contribution < 1.29 is 9.50 Å². The molecular formula is C9H13FN2O. The van der Waals surface area contributed by atoms with Crippen LogP contribution in [0, 0.1) is 11.9 Å². The van der Waals surface area contributed by atoms with Gasteiger partial charge in [-0.05, 0) is 12.0 Å². The molecule has 1 unspecified atom stereocenters. The van der Waals surface area contributed by atoms with Crippen LogP contribution in [0.5, 0.6) is 0 Å². The van der Waals surface area contributed by atoms with Crippen LogP contribution in [0.4, 0.5) is 10.1 Å². The summed E-state index contributed by atoms with van der Waals surface area (Å²) in [5.74, 6) is -0.335. The van der Waals surface area contributed by atoms with E-state index in [2.05, 4.69) is 10.3 Å². The Morgan fingerprint density at radius 1 is 1.69 bits per heavy atom. The van der Waals surface area contributed by atoms with Gasteiger partial charge in [-0.15, -0.1) is 0 Å². The molecule has 0 aliphatic carbocycles. The fourth-order valence-corrected chi connectivity index (χ4v) is 0.869. The fraction of sp³-hybridized carbons (Fsp3) is 0.444. The normalized spacial score (nSPS) is 12.5. The van der Waals surface area contributed by atoms with Gasteiger partial charge in [0.25, 0.3) is 0 Å². The summed E-state index contributed by atoms with van der Waals surface area (Å²) in [5.41, 5.74) is 0.688. The van der Waals surface area contributed by atoms with Crippen LogP contribution in [0.25, 0.3) is 0 Å². The maximum Gasteiger partial charge on any atom is 0.214 e. The maximum absolute atomic E-state index is 12.6. The number of aliphatic hydroxyl groups is 1. The Balaban J connectivity index is 2.45. The Bertz CT molecular complexity index is 268. The second kappa shape index (κ2) is 4.77. The van der Waals surface area contributed by atoms with Gasteiger partial charge in [-0.2, -0.15) is 4.39 Å². The number of nitrogens with zero attached hydrogens (tertiary/aromatic N) is 1. The molecule has 13 heavy (non-hydrogen) atoms. The average molecular weight is 184 g/mol. The van der Waals surface area contributed by atoms with Crippen LogP contribution >= 0.6 is 0 Å². The lowest BCUT2D eigenvalue weighted by Gasteiger charge is -2.10. The first kappa shape index (κ1) is 9.92. The molecule has 0 bridgehead atoms. The molecule has 0 spiro atoms. The second-order valence-electron chi connectivity index (χ2n) is 3.04. The zero-order chi connectivity index (χ0) is 9.68. The lowest BCUT2D eigenvalue weighted by Crippen LogP contribution is -2.14. The molecule has 4 heteroatoms. The quantitative estimate of drug-likeness (QED) is 0.692. The van der Waals surface area contributed by atoms with Crippen LogP contribution in [0.3, 0.4) is 0 Å². The van der Waals surface area contributed by atoms with E-state index >= 15 is 0 Å². The molecule has 1 heterocycles. The SMILES string of the molecule is CC(CO)CNc1ccnc(F)c1. The molecule has 1 aromatic heterocycles. The molecule has 1 atom stereocenters. The molecule has 0 fully saturated rings. The Hall–Kier alpha value is -1.16. The molecular weight excluding hydrogens is 171 g/mol. The third kappa shape index (κ3) is 3.38. The number of hydrogen-bond donors (Lipinski definition) is 2. The van der Waals surface area contributed by atoms with E-state index in [1.54, 1.807) is 6.07 Å². The van der Waals surface area contributed by atoms with Crippen molar-refractivity contribution in [2.45, 2.75) is 6.92 Å². The Kier molecular flexibility index (Phi) is 3.64. The molecule has 0 saturated carbocycles. The third-order valence-electron chi connectivity index (χ3n) is 1.69. The summed E-state index contributed by atoms with van der Waals surface area (Å²) in [7, 11) is 0. The summed E-state index contributed by atoms with van der Waals surface area (Å²) >= 11 is 0. The highest BCUT2D eigenvalue weighted by Gasteiger charge is 2.00. The minimum Gasteiger partial charge on any atom is -0.396 e. The van der Waals surface area contributed by atoms with E-state index in [0.29, 0.717) is 12.2 Å². The van der Waals surface area contributed by atoms with Crippen LogP contribution in [0.2, 0.25) is 0 Å². The first-order valence-electron chi connectivity index (χ1n) is 4.18. The summed E-state index contributed by atoms with van der Waals surface area (Å²) in [6.07, 6.45) is 1.40. The lowest BCUT2D eigenvalue weighted by molar-refractivity contribution is 0.244. The summed E-state index contributed by atoms with van der Waals surface area (Å²) < 4.78 is 12.6. The molecule has 0 aliphatic rings. The molecule has 0 aromatic carbocycles. The molecule has 3 nitrogen and oxygen atoms in total. The number of halogens is 1. The molecule has 1 rings (SSSR count). The van der Waals surface area contributed by atoms with Gasteiger partial charge in [0.15, 0.2) is 0 Å². The number of aromatic nitrogens is 1. The van der Waals surface area contributed by atoms with Crippen molar-refractivity contribution in [3.8, 4) is 0 Å². The monoisotopic (exact) mass is 184 g/mol. The minimum absolute atomic E-state index is 0.126. The highest BCUT2D eigenvalue weighted by molar-refractivity contribution is 5.41. The van der Waals surface area contributed by atoms with E-state index in [0.717, 1.165) is 0 Å². The van der Waals surface area contributed by atoms with Crippen LogP contribution in [0.15, 0.2) is 18.3 Å². The summed E-state index contributed by atoms with van der Waals surface area (Å²) in [4.78, 5) is 3.43. The van der Waals surface area contributed by atoms with Crippen molar-refractivity contribution in [1.29, 1.82) is 0 Å². The van der Waals surface area contributed by atoms with Crippen molar-refractivity contribution in [3.63, 3.8) is 0 Å². The number of anilines is 1. The molecule has 72 valence electrons. The third-order valence-corrected chi connectivity index (χ3v) is 1.69. The number of rotatable bonds is 4. The molecule has 0 radical (unpaired) electrons. The van der Waals surface area contributed by atoms with Gasteiger partial charge in [-0.25, -0.2) is 4.98 Å². The Labute approximate surface area is 76.6 Å². The first-order valence-corrected chi connectivity index (χ1v) is 4.18. The van der Waals surface area contributed by atoms with E-state index in [-0.39, 0.29) is 12.5 Å². The number of nitrogens with one attached hydrogen (secondary N) is 1. The van der Waals surface area contributed by atoms with Crippen molar-refractivity contribution in [2.75, 3.05) is 18.5 Å². The van der Waals surface area contributed by atoms with E-state index in [9.17, 15) is 4.39 Å². The van der Waals surface area contributed by atoms with E-state index in [1.165, 1.54) is 12.3 Å². The Morgan fingerprint density at radius 3 is 3.08 bits per heavy atom. The van der Waals surface area contributed by atoms with Gasteiger partial charge < -0.3 is 10.4 Å². The minimum atomic E-state index is -0.498. The highest BCUT2D eigenvalue weighted by atomic mass is 19.1. The predicted octanol–water partition coefficient (Wildman–Crippen LogP) is 1.26. The van der Waals surface area contributed by atoms with Crippen molar-refractivity contribution in [1.82, 2.24) is 4.98 Å². The average Bonchev–Trinajstić information content (AvgIpc) is 2.14. The van der Waals surface area contributed by atoms with Gasteiger partial charge >= 0.3 is 0 Å². The summed E-state index contributed by atoms with van der Waals surface area (Å²) in [5, 5.41) is 11.7. The lowest BCUT2D eigenvalue weighted by atomic mass is 10.2. The van der Waals surface area contributed by atoms with Crippen molar-refractivity contribution in [3.05, 3.63) is 24.3 Å². The fourth-order valence-electron chi connectivity index (χ4n) is 0.869. The Morgan fingerprint density at radius 2 is 2.46 bits per heavy atom. The van der Waals surface area contributed by atoms with Gasteiger partial charge in [0, 0.05) is 31.1 Å². The number of pyridine rings is 1. The van der Waals surface area contributed by atoms with Gasteiger partial charge in [0.05, 0.1) is 0 Å². The zero-order valence-corrected chi connectivity index (χ0v) is 7.50. The van der Waals surface area contributed by atoms with Gasteiger partial charge in [-0.3, -0.25) is 0 Å². The number of aliphatic hydroxyl groups excluding tert-OH is 1. The van der Waals surface area contributed by atoms with Gasteiger partial charge in [-0.1, -0.05) is 6.92 Å². The standard InChI is InChI=1S/C9H13FN2O/c1-7(6-13)5-12-8-2-3-11-9(10)4-8/h2-4,7,13H,5-6H2,1H3,(H,11,12). The van der Waals surface area contributed by atoms with Gasteiger partial charge in [0.1, 0.15) is 0 Å². The molecule has 0 aliphatic heterocycles. The van der Waals surface area contributed by atoms with E-state index in [1.807, 2.05) is 6.92 Å². The molecule has 0 saturated heterocycles. The zero-order valence-electron chi connectivity index (χ0n) is 7.50. The smallest absolute Gasteiger partial charge is 0.214 e. The largest absolute Gasteiger partial charge is 0.396 e. The van der Waals surface area contributed by atoms with E-state index in [4.69, 9.17) is 5.11 Å². The summed E-state index contributed by atoms with van der Waals surface area (Å²) in [6, 6.07) is 3.01. The molecule has 0 amide bonds.